The molecule has 0 aromatic heterocycles. The standard InChI is InChI=1S/C12H15BrO3/c1-2-16-12(14)7-8-15-9-10-5-3-4-6-11(10)13/h3-6H,2,7-9H2,1H3. The number of halogens is 1. The van der Waals surface area contributed by atoms with Crippen molar-refractivity contribution in [2.45, 2.75) is 20.0 Å². The molecule has 3 nitrogen and oxygen atoms in total. The number of hydrogen-bond acceptors (Lipinski definition) is 3. The maximum Gasteiger partial charge on any atom is 0.308 e. The van der Waals surface area contributed by atoms with E-state index in [0.29, 0.717) is 26.2 Å². The second-order valence-electron chi connectivity index (χ2n) is 3.20. The fourth-order valence-electron chi connectivity index (χ4n) is 1.19. The molecular weight excluding hydrogens is 272 g/mol. The Labute approximate surface area is 104 Å². The molecule has 0 bridgehead atoms. The molecule has 0 aliphatic heterocycles. The van der Waals surface area contributed by atoms with Gasteiger partial charge in [0, 0.05) is 4.47 Å². The third-order valence-electron chi connectivity index (χ3n) is 1.97. The second kappa shape index (κ2) is 7.41. The Kier molecular flexibility index (Phi) is 6.11. The molecule has 0 radical (unpaired) electrons. The smallest absolute Gasteiger partial charge is 0.308 e. The van der Waals surface area contributed by atoms with Crippen LogP contribution in [0.25, 0.3) is 0 Å². The van der Waals surface area contributed by atoms with Crippen molar-refractivity contribution in [3.8, 4) is 0 Å². The first-order valence-electron chi connectivity index (χ1n) is 5.20. The molecule has 0 aliphatic carbocycles. The van der Waals surface area contributed by atoms with Gasteiger partial charge in [0.15, 0.2) is 0 Å². The van der Waals surface area contributed by atoms with Gasteiger partial charge in [-0.15, -0.1) is 0 Å². The molecule has 0 fully saturated rings. The number of hydrogen-bond donors (Lipinski definition) is 0. The van der Waals surface area contributed by atoms with E-state index >= 15 is 0 Å². The van der Waals surface area contributed by atoms with Crippen LogP contribution >= 0.6 is 15.9 Å². The topological polar surface area (TPSA) is 35.5 Å². The van der Waals surface area contributed by atoms with Gasteiger partial charge in [0.05, 0.1) is 26.2 Å². The summed E-state index contributed by atoms with van der Waals surface area (Å²) in [6, 6.07) is 7.85. The van der Waals surface area contributed by atoms with Crippen molar-refractivity contribution >= 4 is 21.9 Å². The highest BCUT2D eigenvalue weighted by atomic mass is 79.9. The van der Waals surface area contributed by atoms with Crippen LogP contribution in [0.5, 0.6) is 0 Å². The molecule has 0 amide bonds. The summed E-state index contributed by atoms with van der Waals surface area (Å²) in [5, 5.41) is 0. The maximum absolute atomic E-state index is 11.0. The lowest BCUT2D eigenvalue weighted by molar-refractivity contribution is -0.144. The lowest BCUT2D eigenvalue weighted by atomic mass is 10.2. The second-order valence-corrected chi connectivity index (χ2v) is 4.05. The highest BCUT2D eigenvalue weighted by Gasteiger charge is 2.02. The van der Waals surface area contributed by atoms with Crippen molar-refractivity contribution < 1.29 is 14.3 Å². The molecule has 0 aliphatic rings. The molecule has 0 saturated carbocycles. The normalized spacial score (nSPS) is 10.1. The van der Waals surface area contributed by atoms with Crippen LogP contribution in [-0.2, 0) is 20.9 Å². The first kappa shape index (κ1) is 13.2. The predicted molar refractivity (Wildman–Crippen MR) is 65.0 cm³/mol. The van der Waals surface area contributed by atoms with Crippen LogP contribution in [-0.4, -0.2) is 19.2 Å². The van der Waals surface area contributed by atoms with Gasteiger partial charge in [-0.25, -0.2) is 0 Å². The van der Waals surface area contributed by atoms with Gasteiger partial charge in [-0.05, 0) is 18.6 Å². The van der Waals surface area contributed by atoms with Gasteiger partial charge in [0.2, 0.25) is 0 Å². The molecule has 0 unspecified atom stereocenters. The summed E-state index contributed by atoms with van der Waals surface area (Å²) in [5.74, 6) is -0.213. The minimum absolute atomic E-state index is 0.213. The van der Waals surface area contributed by atoms with E-state index < -0.39 is 0 Å². The highest BCUT2D eigenvalue weighted by Crippen LogP contribution is 2.16. The van der Waals surface area contributed by atoms with Crippen LogP contribution in [0.2, 0.25) is 0 Å². The molecule has 4 heteroatoms. The van der Waals surface area contributed by atoms with Crippen molar-refractivity contribution in [3.05, 3.63) is 34.3 Å². The van der Waals surface area contributed by atoms with Crippen molar-refractivity contribution in [1.29, 1.82) is 0 Å². The fourth-order valence-corrected chi connectivity index (χ4v) is 1.59. The molecule has 0 N–H and O–H groups in total. The van der Waals surface area contributed by atoms with E-state index in [0.717, 1.165) is 10.0 Å². The first-order chi connectivity index (χ1) is 7.74. The molecule has 1 aromatic rings. The minimum Gasteiger partial charge on any atom is -0.466 e. The lowest BCUT2D eigenvalue weighted by Crippen LogP contribution is -2.08. The Morgan fingerprint density at radius 2 is 2.12 bits per heavy atom. The van der Waals surface area contributed by atoms with E-state index in [4.69, 9.17) is 9.47 Å². The fraction of sp³-hybridized carbons (Fsp3) is 0.417. The van der Waals surface area contributed by atoms with Gasteiger partial charge in [0.1, 0.15) is 0 Å². The third-order valence-corrected chi connectivity index (χ3v) is 2.74. The molecule has 1 rings (SSSR count). The van der Waals surface area contributed by atoms with Crippen LogP contribution in [0.1, 0.15) is 18.9 Å². The third kappa shape index (κ3) is 4.77. The van der Waals surface area contributed by atoms with E-state index in [1.807, 2.05) is 24.3 Å². The average molecular weight is 287 g/mol. The molecule has 0 heterocycles. The number of rotatable bonds is 6. The number of carbonyl (C=O) groups excluding carboxylic acids is 1. The zero-order valence-corrected chi connectivity index (χ0v) is 10.8. The highest BCUT2D eigenvalue weighted by molar-refractivity contribution is 9.10. The number of esters is 1. The van der Waals surface area contributed by atoms with Crippen molar-refractivity contribution in [3.63, 3.8) is 0 Å². The quantitative estimate of drug-likeness (QED) is 0.596. The van der Waals surface area contributed by atoms with Gasteiger partial charge < -0.3 is 9.47 Å². The van der Waals surface area contributed by atoms with Crippen LogP contribution < -0.4 is 0 Å². The maximum atomic E-state index is 11.0. The molecule has 0 saturated heterocycles. The SMILES string of the molecule is CCOC(=O)CCOCc1ccccc1Br. The van der Waals surface area contributed by atoms with Gasteiger partial charge in [-0.3, -0.25) is 4.79 Å². The summed E-state index contributed by atoms with van der Waals surface area (Å²) in [7, 11) is 0. The molecule has 0 atom stereocenters. The average Bonchev–Trinajstić information content (AvgIpc) is 2.27. The Balaban J connectivity index is 2.21. The van der Waals surface area contributed by atoms with E-state index in [1.165, 1.54) is 0 Å². The van der Waals surface area contributed by atoms with Crippen LogP contribution in [0.3, 0.4) is 0 Å². The Bertz CT molecular complexity index is 339. The summed E-state index contributed by atoms with van der Waals surface area (Å²) < 4.78 is 11.2. The Morgan fingerprint density at radius 1 is 1.38 bits per heavy atom. The van der Waals surface area contributed by atoms with Crippen LogP contribution in [0.15, 0.2) is 28.7 Å². The molecule has 1 aromatic carbocycles. The first-order valence-corrected chi connectivity index (χ1v) is 6.00. The van der Waals surface area contributed by atoms with Crippen molar-refractivity contribution in [2.24, 2.45) is 0 Å². The number of carbonyl (C=O) groups is 1. The van der Waals surface area contributed by atoms with Crippen LogP contribution in [0.4, 0.5) is 0 Å². The lowest BCUT2D eigenvalue weighted by Gasteiger charge is -2.05. The van der Waals surface area contributed by atoms with E-state index in [9.17, 15) is 4.79 Å². The number of ether oxygens (including phenoxy) is 2. The van der Waals surface area contributed by atoms with Crippen molar-refractivity contribution in [1.82, 2.24) is 0 Å². The molecule has 0 spiro atoms. The van der Waals surface area contributed by atoms with Gasteiger partial charge in [-0.1, -0.05) is 34.1 Å². The van der Waals surface area contributed by atoms with E-state index in [1.54, 1.807) is 6.92 Å². The Morgan fingerprint density at radius 3 is 2.81 bits per heavy atom. The summed E-state index contributed by atoms with van der Waals surface area (Å²) >= 11 is 3.43. The monoisotopic (exact) mass is 286 g/mol. The summed E-state index contributed by atoms with van der Waals surface area (Å²) in [6.07, 6.45) is 0.304. The summed E-state index contributed by atoms with van der Waals surface area (Å²) in [5.41, 5.74) is 1.08. The zero-order chi connectivity index (χ0) is 11.8. The van der Waals surface area contributed by atoms with E-state index in [2.05, 4.69) is 15.9 Å². The van der Waals surface area contributed by atoms with Gasteiger partial charge in [0.25, 0.3) is 0 Å². The molecule has 16 heavy (non-hydrogen) atoms. The molecular formula is C12H15BrO3. The molecule has 88 valence electrons. The summed E-state index contributed by atoms with van der Waals surface area (Å²) in [6.45, 7) is 3.10. The zero-order valence-electron chi connectivity index (χ0n) is 9.24. The Hall–Kier alpha value is -0.870. The van der Waals surface area contributed by atoms with Gasteiger partial charge in [-0.2, -0.15) is 0 Å². The largest absolute Gasteiger partial charge is 0.466 e. The van der Waals surface area contributed by atoms with E-state index in [-0.39, 0.29) is 5.97 Å². The van der Waals surface area contributed by atoms with Crippen LogP contribution in [0, 0.1) is 0 Å². The summed E-state index contributed by atoms with van der Waals surface area (Å²) in [4.78, 5) is 11.0. The number of benzene rings is 1. The minimum atomic E-state index is -0.213. The van der Waals surface area contributed by atoms with Gasteiger partial charge >= 0.3 is 5.97 Å². The van der Waals surface area contributed by atoms with Crippen molar-refractivity contribution in [2.75, 3.05) is 13.2 Å². The predicted octanol–water partition coefficient (Wildman–Crippen LogP) is 2.92.